The van der Waals surface area contributed by atoms with Crippen molar-refractivity contribution < 1.29 is 43.5 Å². The van der Waals surface area contributed by atoms with Crippen LogP contribution in [-0.2, 0) is 16.0 Å². The Morgan fingerprint density at radius 3 is 2.05 bits per heavy atom. The molecular formula is C33H40O9. The lowest BCUT2D eigenvalue weighted by Gasteiger charge is -2.15. The number of carbonyl (C=O) groups is 3. The average Bonchev–Trinajstić information content (AvgIpc) is 2.95. The molecule has 0 amide bonds. The average molecular weight is 581 g/mol. The number of rotatable bonds is 19. The molecule has 0 heterocycles. The highest BCUT2D eigenvalue weighted by atomic mass is 16.5. The first-order valence-corrected chi connectivity index (χ1v) is 14.3. The van der Waals surface area contributed by atoms with E-state index in [-0.39, 0.29) is 30.3 Å². The number of phenols is 1. The number of fused-ring (bicyclic) bond motifs is 1. The van der Waals surface area contributed by atoms with E-state index < -0.39 is 5.97 Å². The Hall–Kier alpha value is -4.11. The van der Waals surface area contributed by atoms with Gasteiger partial charge in [-0.15, -0.1) is 0 Å². The number of hydrogen-bond donors (Lipinski definition) is 2. The minimum absolute atomic E-state index is 0.000741. The zero-order chi connectivity index (χ0) is 30.5. The van der Waals surface area contributed by atoms with Crippen LogP contribution in [0, 0.1) is 0 Å². The number of carboxylic acid groups (broad SMARTS) is 1. The van der Waals surface area contributed by atoms with Crippen molar-refractivity contribution in [1.82, 2.24) is 0 Å². The zero-order valence-corrected chi connectivity index (χ0v) is 24.6. The SMILES string of the molecule is CCCc1c(OCCCOCCCOc2ccc3ccc(OCCCC(=O)O)cc3c2C(C)=O)ccc(C(C)=O)c1O. The standard InChI is InChI=1S/C33H40O9/c1-4-8-27-29(15-13-26(22(2)34)33(27)38)41-19-6-16-39-17-7-20-42-30-14-11-24-10-12-25(40-18-5-9-31(36)37)21-28(24)32(30)23(3)35/h10-15,21,38H,4-9,16-20H2,1-3H3,(H,36,37). The molecule has 0 saturated heterocycles. The molecule has 0 saturated carbocycles. The number of hydrogen-bond acceptors (Lipinski definition) is 8. The summed E-state index contributed by atoms with van der Waals surface area (Å²) in [5.41, 5.74) is 1.44. The fraction of sp³-hybridized carbons (Fsp3) is 0.424. The lowest BCUT2D eigenvalue weighted by atomic mass is 10.0. The Kier molecular flexibility index (Phi) is 12.6. The van der Waals surface area contributed by atoms with Gasteiger partial charge in [-0.25, -0.2) is 0 Å². The van der Waals surface area contributed by atoms with Crippen molar-refractivity contribution >= 4 is 28.3 Å². The summed E-state index contributed by atoms with van der Waals surface area (Å²) in [6, 6.07) is 12.5. The van der Waals surface area contributed by atoms with Crippen LogP contribution >= 0.6 is 0 Å². The van der Waals surface area contributed by atoms with Crippen molar-refractivity contribution in [2.45, 2.75) is 59.3 Å². The van der Waals surface area contributed by atoms with E-state index in [0.29, 0.717) is 86.0 Å². The minimum atomic E-state index is -0.867. The molecule has 0 atom stereocenters. The molecule has 3 aromatic rings. The van der Waals surface area contributed by atoms with E-state index in [1.54, 1.807) is 30.3 Å². The van der Waals surface area contributed by atoms with Gasteiger partial charge in [-0.05, 0) is 67.8 Å². The lowest BCUT2D eigenvalue weighted by Crippen LogP contribution is -2.09. The molecule has 0 radical (unpaired) electrons. The van der Waals surface area contributed by atoms with Gasteiger partial charge in [-0.2, -0.15) is 0 Å². The van der Waals surface area contributed by atoms with Crippen LogP contribution in [0.5, 0.6) is 23.0 Å². The largest absolute Gasteiger partial charge is 0.507 e. The fourth-order valence-corrected chi connectivity index (χ4v) is 4.58. The van der Waals surface area contributed by atoms with Gasteiger partial charge in [0.2, 0.25) is 0 Å². The van der Waals surface area contributed by atoms with Crippen molar-refractivity contribution in [1.29, 1.82) is 0 Å². The van der Waals surface area contributed by atoms with E-state index in [1.165, 1.54) is 13.8 Å². The summed E-state index contributed by atoms with van der Waals surface area (Å²) < 4.78 is 23.2. The van der Waals surface area contributed by atoms with Crippen LogP contribution in [-0.4, -0.2) is 60.8 Å². The maximum atomic E-state index is 12.5. The second-order valence-corrected chi connectivity index (χ2v) is 9.98. The van der Waals surface area contributed by atoms with E-state index in [2.05, 4.69) is 0 Å². The Morgan fingerprint density at radius 2 is 1.40 bits per heavy atom. The van der Waals surface area contributed by atoms with E-state index in [9.17, 15) is 19.5 Å². The molecule has 0 fully saturated rings. The quantitative estimate of drug-likeness (QED) is 0.122. The van der Waals surface area contributed by atoms with Crippen LogP contribution in [0.15, 0.2) is 42.5 Å². The normalized spacial score (nSPS) is 10.9. The van der Waals surface area contributed by atoms with Gasteiger partial charge in [0, 0.05) is 38.0 Å². The first kappa shape index (κ1) is 32.4. The molecule has 0 aliphatic carbocycles. The van der Waals surface area contributed by atoms with Crippen molar-refractivity contribution in [2.75, 3.05) is 33.0 Å². The molecule has 226 valence electrons. The number of phenolic OH excluding ortho intramolecular Hbond substituents is 1. The molecule has 0 bridgehead atoms. The highest BCUT2D eigenvalue weighted by Crippen LogP contribution is 2.33. The number of carboxylic acids is 1. The highest BCUT2D eigenvalue weighted by Gasteiger charge is 2.16. The monoisotopic (exact) mass is 580 g/mol. The molecule has 3 rings (SSSR count). The molecule has 9 nitrogen and oxygen atoms in total. The van der Waals surface area contributed by atoms with Gasteiger partial charge in [0.15, 0.2) is 11.6 Å². The van der Waals surface area contributed by atoms with Gasteiger partial charge >= 0.3 is 5.97 Å². The number of benzene rings is 3. The summed E-state index contributed by atoms with van der Waals surface area (Å²) >= 11 is 0. The molecule has 9 heteroatoms. The maximum absolute atomic E-state index is 12.5. The molecule has 2 N–H and O–H groups in total. The van der Waals surface area contributed by atoms with Gasteiger partial charge in [-0.3, -0.25) is 14.4 Å². The van der Waals surface area contributed by atoms with Gasteiger partial charge in [0.25, 0.3) is 0 Å². The fourth-order valence-electron chi connectivity index (χ4n) is 4.58. The number of aliphatic carboxylic acids is 1. The van der Waals surface area contributed by atoms with Crippen LogP contribution in [0.25, 0.3) is 10.8 Å². The smallest absolute Gasteiger partial charge is 0.303 e. The third-order valence-corrected chi connectivity index (χ3v) is 6.61. The number of ether oxygens (including phenoxy) is 4. The summed E-state index contributed by atoms with van der Waals surface area (Å²) in [7, 11) is 0. The Balaban J connectivity index is 1.45. The Labute approximate surface area is 246 Å². The molecule has 3 aromatic carbocycles. The number of Topliss-reactive ketones (excluding diaryl/α,β-unsaturated/α-hetero) is 2. The Morgan fingerprint density at radius 1 is 0.762 bits per heavy atom. The number of aromatic hydroxyl groups is 1. The Bertz CT molecular complexity index is 1380. The first-order valence-electron chi connectivity index (χ1n) is 14.3. The summed E-state index contributed by atoms with van der Waals surface area (Å²) in [5, 5.41) is 20.9. The zero-order valence-electron chi connectivity index (χ0n) is 24.6. The molecule has 0 aromatic heterocycles. The summed E-state index contributed by atoms with van der Waals surface area (Å²) in [5.74, 6) is 0.470. The lowest BCUT2D eigenvalue weighted by molar-refractivity contribution is -0.137. The predicted molar refractivity (Wildman–Crippen MR) is 159 cm³/mol. The predicted octanol–water partition coefficient (Wildman–Crippen LogP) is 6.40. The van der Waals surface area contributed by atoms with Gasteiger partial charge in [0.1, 0.15) is 23.0 Å². The molecule has 0 aliphatic heterocycles. The van der Waals surface area contributed by atoms with Gasteiger partial charge in [-0.1, -0.05) is 25.5 Å². The van der Waals surface area contributed by atoms with Crippen molar-refractivity contribution in [3.8, 4) is 23.0 Å². The van der Waals surface area contributed by atoms with Crippen LogP contribution in [0.1, 0.15) is 79.2 Å². The van der Waals surface area contributed by atoms with E-state index in [0.717, 1.165) is 17.2 Å². The molecular weight excluding hydrogens is 540 g/mol. The second kappa shape index (κ2) is 16.4. The third-order valence-electron chi connectivity index (χ3n) is 6.61. The van der Waals surface area contributed by atoms with Crippen LogP contribution < -0.4 is 14.2 Å². The molecule has 0 unspecified atom stereocenters. The highest BCUT2D eigenvalue weighted by molar-refractivity contribution is 6.09. The van der Waals surface area contributed by atoms with Crippen LogP contribution in [0.3, 0.4) is 0 Å². The molecule has 42 heavy (non-hydrogen) atoms. The maximum Gasteiger partial charge on any atom is 0.303 e. The summed E-state index contributed by atoms with van der Waals surface area (Å²) in [4.78, 5) is 35.0. The first-order chi connectivity index (χ1) is 20.2. The topological polar surface area (TPSA) is 129 Å². The van der Waals surface area contributed by atoms with Gasteiger partial charge in [0.05, 0.1) is 30.9 Å². The van der Waals surface area contributed by atoms with Crippen molar-refractivity contribution in [3.63, 3.8) is 0 Å². The van der Waals surface area contributed by atoms with Crippen molar-refractivity contribution in [3.05, 3.63) is 59.2 Å². The van der Waals surface area contributed by atoms with Gasteiger partial charge < -0.3 is 29.2 Å². The number of ketones is 2. The van der Waals surface area contributed by atoms with E-state index >= 15 is 0 Å². The van der Waals surface area contributed by atoms with Crippen molar-refractivity contribution in [2.24, 2.45) is 0 Å². The molecule has 0 aliphatic rings. The van der Waals surface area contributed by atoms with Crippen LogP contribution in [0.2, 0.25) is 0 Å². The van der Waals surface area contributed by atoms with Crippen LogP contribution in [0.4, 0.5) is 0 Å². The molecule has 0 spiro atoms. The van der Waals surface area contributed by atoms with E-state index in [1.807, 2.05) is 19.1 Å². The van der Waals surface area contributed by atoms with E-state index in [4.69, 9.17) is 24.1 Å². The summed E-state index contributed by atoms with van der Waals surface area (Å²) in [6.45, 7) is 6.95. The summed E-state index contributed by atoms with van der Waals surface area (Å²) in [6.07, 6.45) is 3.14. The minimum Gasteiger partial charge on any atom is -0.507 e. The third kappa shape index (κ3) is 9.21. The number of carbonyl (C=O) groups excluding carboxylic acids is 2. The second-order valence-electron chi connectivity index (χ2n) is 9.98.